The fourth-order valence-electron chi connectivity index (χ4n) is 3.24. The smallest absolute Gasteiger partial charge is 0.416 e. The molecule has 11 heteroatoms. The number of nitrogens with zero attached hydrogens (tertiary/aromatic N) is 1. The molecule has 1 aliphatic heterocycles. The third-order valence-electron chi connectivity index (χ3n) is 4.71. The number of halogens is 3. The van der Waals surface area contributed by atoms with Crippen molar-refractivity contribution < 1.29 is 37.7 Å². The van der Waals surface area contributed by atoms with E-state index in [1.54, 1.807) is 6.92 Å². The first-order valence-corrected chi connectivity index (χ1v) is 8.77. The van der Waals surface area contributed by atoms with E-state index in [1.165, 1.54) is 12.1 Å². The summed E-state index contributed by atoms with van der Waals surface area (Å²) in [5.74, 6) is -3.03. The lowest BCUT2D eigenvalue weighted by atomic mass is 10.0. The molecule has 0 saturated carbocycles. The zero-order valence-electron chi connectivity index (χ0n) is 15.6. The monoisotopic (exact) mass is 426 g/mol. The zero-order valence-corrected chi connectivity index (χ0v) is 15.6. The minimum atomic E-state index is -4.51. The van der Waals surface area contributed by atoms with E-state index in [-0.39, 0.29) is 18.7 Å². The Hall–Kier alpha value is -3.34. The first-order valence-electron chi connectivity index (χ1n) is 8.77. The van der Waals surface area contributed by atoms with Crippen LogP contribution in [0.15, 0.2) is 29.1 Å². The molecule has 1 amide bonds. The molecule has 2 heterocycles. The summed E-state index contributed by atoms with van der Waals surface area (Å²) in [5, 5.41) is 21.2. The number of alkyl halides is 3. The van der Waals surface area contributed by atoms with E-state index in [1.807, 2.05) is 5.32 Å². The number of rotatable bonds is 5. The lowest BCUT2D eigenvalue weighted by Gasteiger charge is -2.17. The molecule has 3 N–H and O–H groups in total. The Labute approximate surface area is 167 Å². The first kappa shape index (κ1) is 21.4. The Morgan fingerprint density at radius 2 is 1.90 bits per heavy atom. The summed E-state index contributed by atoms with van der Waals surface area (Å²) in [6.07, 6.45) is -5.15. The van der Waals surface area contributed by atoms with E-state index < -0.39 is 53.1 Å². The maximum absolute atomic E-state index is 12.9. The zero-order chi connectivity index (χ0) is 22.2. The Bertz CT molecular complexity index is 1060. The molecule has 0 spiro atoms. The second kappa shape index (κ2) is 7.82. The highest BCUT2D eigenvalue weighted by molar-refractivity contribution is 5.98. The van der Waals surface area contributed by atoms with Gasteiger partial charge in [0.2, 0.25) is 0 Å². The van der Waals surface area contributed by atoms with Crippen molar-refractivity contribution in [3.05, 3.63) is 62.6 Å². The molecule has 3 rings (SSSR count). The van der Waals surface area contributed by atoms with E-state index in [0.717, 1.165) is 16.7 Å². The molecule has 0 saturated heterocycles. The van der Waals surface area contributed by atoms with Crippen molar-refractivity contribution in [2.75, 3.05) is 6.54 Å². The highest BCUT2D eigenvalue weighted by atomic mass is 19.4. The predicted molar refractivity (Wildman–Crippen MR) is 96.1 cm³/mol. The number of aliphatic carboxylic acids is 1. The van der Waals surface area contributed by atoms with Gasteiger partial charge in [0.1, 0.15) is 17.9 Å². The average molecular weight is 426 g/mol. The number of aromatic hydroxyl groups is 1. The fourth-order valence-corrected chi connectivity index (χ4v) is 3.24. The van der Waals surface area contributed by atoms with Crippen molar-refractivity contribution in [3.8, 4) is 5.75 Å². The number of carboxylic acids is 1. The number of ether oxygens (including phenoxy) is 1. The number of pyridine rings is 1. The molecular weight excluding hydrogens is 409 g/mol. The van der Waals surface area contributed by atoms with Crippen molar-refractivity contribution in [1.29, 1.82) is 0 Å². The number of hydrogen-bond acceptors (Lipinski definition) is 5. The van der Waals surface area contributed by atoms with Gasteiger partial charge in [0.15, 0.2) is 0 Å². The van der Waals surface area contributed by atoms with Crippen molar-refractivity contribution in [1.82, 2.24) is 9.88 Å². The first-order chi connectivity index (χ1) is 14.0. The van der Waals surface area contributed by atoms with E-state index in [9.17, 15) is 32.7 Å². The molecule has 0 bridgehead atoms. The molecule has 1 unspecified atom stereocenters. The summed E-state index contributed by atoms with van der Waals surface area (Å²) in [6.45, 7) is 0.614. The van der Waals surface area contributed by atoms with Crippen LogP contribution in [0.2, 0.25) is 0 Å². The molecule has 0 fully saturated rings. The number of carbonyl (C=O) groups is 2. The van der Waals surface area contributed by atoms with Crippen LogP contribution in [0.4, 0.5) is 13.2 Å². The molecule has 8 nitrogen and oxygen atoms in total. The Kier molecular flexibility index (Phi) is 5.57. The van der Waals surface area contributed by atoms with Gasteiger partial charge in [-0.25, -0.2) is 0 Å². The molecule has 2 aromatic rings. The Balaban J connectivity index is 2.06. The van der Waals surface area contributed by atoms with Crippen molar-refractivity contribution in [2.45, 2.75) is 32.4 Å². The highest BCUT2D eigenvalue weighted by Gasteiger charge is 2.33. The fraction of sp³-hybridized carbons (Fsp3) is 0.316. The molecule has 1 atom stereocenters. The van der Waals surface area contributed by atoms with Crippen molar-refractivity contribution in [2.24, 2.45) is 0 Å². The third kappa shape index (κ3) is 4.01. The van der Waals surface area contributed by atoms with E-state index in [4.69, 9.17) is 9.84 Å². The number of carboxylic acid groups (broad SMARTS) is 1. The molecule has 1 aromatic heterocycles. The lowest BCUT2D eigenvalue weighted by Crippen LogP contribution is -2.37. The molecule has 160 valence electrons. The minimum Gasteiger partial charge on any atom is -0.506 e. The lowest BCUT2D eigenvalue weighted by molar-refractivity contribution is -0.138. The van der Waals surface area contributed by atoms with Crippen molar-refractivity contribution >= 4 is 11.9 Å². The van der Waals surface area contributed by atoms with Crippen LogP contribution >= 0.6 is 0 Å². The van der Waals surface area contributed by atoms with Crippen LogP contribution in [-0.2, 0) is 28.9 Å². The summed E-state index contributed by atoms with van der Waals surface area (Å²) in [7, 11) is 0. The molecular formula is C19H17F3N2O6. The van der Waals surface area contributed by atoms with Crippen molar-refractivity contribution in [3.63, 3.8) is 0 Å². The maximum Gasteiger partial charge on any atom is 0.416 e. The largest absolute Gasteiger partial charge is 0.506 e. The highest BCUT2D eigenvalue weighted by Crippen LogP contribution is 2.37. The topological polar surface area (TPSA) is 118 Å². The molecule has 1 aliphatic rings. The van der Waals surface area contributed by atoms with Gasteiger partial charge in [0, 0.05) is 5.56 Å². The number of benzene rings is 1. The van der Waals surface area contributed by atoms with Crippen LogP contribution < -0.4 is 10.9 Å². The van der Waals surface area contributed by atoms with Gasteiger partial charge in [0.25, 0.3) is 11.5 Å². The summed E-state index contributed by atoms with van der Waals surface area (Å²) >= 11 is 0. The average Bonchev–Trinajstić information content (AvgIpc) is 3.05. The quantitative estimate of drug-likeness (QED) is 0.674. The maximum atomic E-state index is 12.9. The van der Waals surface area contributed by atoms with Gasteiger partial charge in [0.05, 0.1) is 30.5 Å². The van der Waals surface area contributed by atoms with Crippen LogP contribution in [-0.4, -0.2) is 33.2 Å². The number of hydrogen-bond donors (Lipinski definition) is 3. The second-order valence-corrected chi connectivity index (χ2v) is 6.70. The molecule has 30 heavy (non-hydrogen) atoms. The standard InChI is InChI=1S/C19H17F3N2O6/c1-9-14-12(8-30-9)24(7-10-2-4-11(5-3-10)19(20,21)22)18(29)15(16(14)27)17(28)23-6-13(25)26/h2-5,9,27H,6-8H2,1H3,(H,23,28)(H,25,26). The number of fused-ring (bicyclic) bond motifs is 1. The minimum absolute atomic E-state index is 0.0447. The van der Waals surface area contributed by atoms with E-state index in [2.05, 4.69) is 0 Å². The van der Waals surface area contributed by atoms with Gasteiger partial charge < -0.3 is 24.8 Å². The van der Waals surface area contributed by atoms with Gasteiger partial charge in [-0.15, -0.1) is 0 Å². The van der Waals surface area contributed by atoms with Gasteiger partial charge in [-0.1, -0.05) is 12.1 Å². The van der Waals surface area contributed by atoms with Crippen LogP contribution in [0.5, 0.6) is 5.75 Å². The predicted octanol–water partition coefficient (Wildman–Crippen LogP) is 2.03. The number of nitrogens with one attached hydrogen (secondary N) is 1. The Morgan fingerprint density at radius 3 is 2.47 bits per heavy atom. The molecule has 0 aliphatic carbocycles. The van der Waals surface area contributed by atoms with Gasteiger partial charge in [-0.2, -0.15) is 13.2 Å². The van der Waals surface area contributed by atoms with E-state index in [0.29, 0.717) is 11.3 Å². The summed E-state index contributed by atoms with van der Waals surface area (Å²) in [4.78, 5) is 36.0. The van der Waals surface area contributed by atoms with E-state index >= 15 is 0 Å². The normalized spacial score (nSPS) is 15.7. The van der Waals surface area contributed by atoms with Crippen LogP contribution in [0.25, 0.3) is 0 Å². The summed E-state index contributed by atoms with van der Waals surface area (Å²) in [5.41, 5.74) is -1.57. The number of amides is 1. The second-order valence-electron chi connectivity index (χ2n) is 6.70. The molecule has 1 aromatic carbocycles. The Morgan fingerprint density at radius 1 is 1.27 bits per heavy atom. The number of aromatic nitrogens is 1. The van der Waals surface area contributed by atoms with Gasteiger partial charge in [-0.05, 0) is 24.6 Å². The summed E-state index contributed by atoms with van der Waals surface area (Å²) < 4.78 is 44.9. The van der Waals surface area contributed by atoms with Crippen LogP contribution in [0.1, 0.15) is 45.8 Å². The SMILES string of the molecule is CC1OCc2c1c(O)c(C(=O)NCC(=O)O)c(=O)n2Cc1ccc(C(F)(F)F)cc1. The molecule has 0 radical (unpaired) electrons. The summed E-state index contributed by atoms with van der Waals surface area (Å²) in [6, 6.07) is 4.16. The van der Waals surface area contributed by atoms with Crippen LogP contribution in [0, 0.1) is 0 Å². The van der Waals surface area contributed by atoms with Gasteiger partial charge >= 0.3 is 12.1 Å². The van der Waals surface area contributed by atoms with Crippen LogP contribution in [0.3, 0.4) is 0 Å². The number of carbonyl (C=O) groups excluding carboxylic acids is 1. The third-order valence-corrected chi connectivity index (χ3v) is 4.71. The van der Waals surface area contributed by atoms with Gasteiger partial charge in [-0.3, -0.25) is 14.4 Å².